The van der Waals surface area contributed by atoms with Crippen molar-refractivity contribution in [1.29, 1.82) is 0 Å². The van der Waals surface area contributed by atoms with Gasteiger partial charge in [0.15, 0.2) is 5.78 Å². The van der Waals surface area contributed by atoms with Crippen LogP contribution < -0.4 is 5.56 Å². The van der Waals surface area contributed by atoms with Gasteiger partial charge in [0.1, 0.15) is 5.56 Å². The predicted octanol–water partition coefficient (Wildman–Crippen LogP) is 0.781. The average molecular weight is 213 g/mol. The third-order valence-electron chi connectivity index (χ3n) is 2.61. The third kappa shape index (κ3) is 1.11. The van der Waals surface area contributed by atoms with Crippen LogP contribution in [0.1, 0.15) is 10.4 Å². The summed E-state index contributed by atoms with van der Waals surface area (Å²) in [6.07, 6.45) is 8.50. The van der Waals surface area contributed by atoms with Crippen LogP contribution in [0.15, 0.2) is 40.3 Å². The van der Waals surface area contributed by atoms with Gasteiger partial charge >= 0.3 is 0 Å². The molecule has 0 saturated carbocycles. The molecule has 5 nitrogen and oxygen atoms in total. The normalized spacial score (nSPS) is 21.4. The van der Waals surface area contributed by atoms with Crippen LogP contribution in [-0.4, -0.2) is 21.7 Å². The van der Waals surface area contributed by atoms with Gasteiger partial charge in [-0.1, -0.05) is 18.2 Å². The van der Waals surface area contributed by atoms with Crippen molar-refractivity contribution in [2.24, 2.45) is 10.9 Å². The first-order valence-corrected chi connectivity index (χ1v) is 4.83. The molecule has 16 heavy (non-hydrogen) atoms. The molecule has 2 aliphatic rings. The Bertz CT molecular complexity index is 622. The number of aliphatic imine (C=N–C) groups is 1. The molecule has 1 aromatic heterocycles. The van der Waals surface area contributed by atoms with Crippen LogP contribution in [-0.2, 0) is 0 Å². The van der Waals surface area contributed by atoms with E-state index in [4.69, 9.17) is 0 Å². The number of carbonyl (C=O) groups excluding carboxylic acids is 1. The smallest absolute Gasteiger partial charge is 0.277 e. The monoisotopic (exact) mass is 213 g/mol. The minimum Gasteiger partial charge on any atom is -0.293 e. The summed E-state index contributed by atoms with van der Waals surface area (Å²) in [7, 11) is 0. The van der Waals surface area contributed by atoms with E-state index in [2.05, 4.69) is 15.2 Å². The topological polar surface area (TPSA) is 75.2 Å². The van der Waals surface area contributed by atoms with Crippen molar-refractivity contribution in [1.82, 2.24) is 10.2 Å². The fourth-order valence-corrected chi connectivity index (χ4v) is 1.87. The Labute approximate surface area is 90.2 Å². The van der Waals surface area contributed by atoms with Gasteiger partial charge in [-0.25, -0.2) is 10.1 Å². The summed E-state index contributed by atoms with van der Waals surface area (Å²) < 4.78 is 0. The van der Waals surface area contributed by atoms with Gasteiger partial charge < -0.3 is 0 Å². The molecule has 1 aromatic rings. The number of nitrogens with one attached hydrogen (secondary N) is 1. The van der Waals surface area contributed by atoms with Crippen LogP contribution in [0.2, 0.25) is 0 Å². The Morgan fingerprint density at radius 2 is 2.12 bits per heavy atom. The molecule has 1 N–H and O–H groups in total. The molecule has 0 aromatic carbocycles. The Hall–Kier alpha value is -2.30. The summed E-state index contributed by atoms with van der Waals surface area (Å²) in [5.41, 5.74) is 0.629. The summed E-state index contributed by atoms with van der Waals surface area (Å²) in [5.74, 6) is -0.648. The fraction of sp³-hybridized carbons (Fsp3) is 0.0909. The largest absolute Gasteiger partial charge is 0.293 e. The molecular weight excluding hydrogens is 206 g/mol. The van der Waals surface area contributed by atoms with Gasteiger partial charge in [0.2, 0.25) is 0 Å². The number of carbonyl (C=O) groups is 1. The lowest BCUT2D eigenvalue weighted by Crippen LogP contribution is -2.31. The summed E-state index contributed by atoms with van der Waals surface area (Å²) in [6.45, 7) is 0. The summed E-state index contributed by atoms with van der Waals surface area (Å²) in [6, 6.07) is 0. The van der Waals surface area contributed by atoms with E-state index in [1.807, 2.05) is 6.08 Å². The molecule has 1 aliphatic carbocycles. The van der Waals surface area contributed by atoms with Gasteiger partial charge in [0.05, 0.1) is 23.5 Å². The number of allylic oxidation sites excluding steroid dienone is 4. The van der Waals surface area contributed by atoms with Gasteiger partial charge in [0, 0.05) is 0 Å². The lowest BCUT2D eigenvalue weighted by Gasteiger charge is -2.19. The number of fused-ring (bicyclic) bond motifs is 2. The number of Topliss-reactive ketones (excluding diaryl/α,β-unsaturated/α-hetero) is 1. The predicted molar refractivity (Wildman–Crippen MR) is 58.1 cm³/mol. The number of rotatable bonds is 0. The number of hydrogen-bond donors (Lipinski definition) is 1. The highest BCUT2D eigenvalue weighted by Gasteiger charge is 2.31. The van der Waals surface area contributed by atoms with E-state index < -0.39 is 11.5 Å². The number of hydrogen-bond acceptors (Lipinski definition) is 4. The van der Waals surface area contributed by atoms with Crippen LogP contribution in [0.25, 0.3) is 0 Å². The molecule has 5 heteroatoms. The molecule has 78 valence electrons. The Kier molecular flexibility index (Phi) is 1.73. The van der Waals surface area contributed by atoms with Gasteiger partial charge in [-0.2, -0.15) is 5.10 Å². The van der Waals surface area contributed by atoms with Crippen molar-refractivity contribution in [3.8, 4) is 0 Å². The molecule has 1 aliphatic heterocycles. The highest BCUT2D eigenvalue weighted by molar-refractivity contribution is 6.22. The van der Waals surface area contributed by atoms with Crippen molar-refractivity contribution in [2.75, 3.05) is 0 Å². The van der Waals surface area contributed by atoms with E-state index in [0.29, 0.717) is 11.4 Å². The van der Waals surface area contributed by atoms with Crippen LogP contribution in [0, 0.1) is 5.92 Å². The zero-order valence-corrected chi connectivity index (χ0v) is 8.18. The first-order chi connectivity index (χ1) is 7.77. The van der Waals surface area contributed by atoms with Crippen molar-refractivity contribution in [2.45, 2.75) is 0 Å². The first-order valence-electron chi connectivity index (χ1n) is 4.83. The van der Waals surface area contributed by atoms with Crippen molar-refractivity contribution >= 4 is 17.2 Å². The van der Waals surface area contributed by atoms with Crippen LogP contribution >= 0.6 is 0 Å². The van der Waals surface area contributed by atoms with E-state index in [1.54, 1.807) is 18.2 Å². The number of H-pyrrole nitrogens is 1. The molecule has 1 atom stereocenters. The number of ketones is 1. The number of aromatic amines is 1. The highest BCUT2D eigenvalue weighted by Crippen LogP contribution is 2.27. The van der Waals surface area contributed by atoms with Gasteiger partial charge in [-0.3, -0.25) is 9.59 Å². The van der Waals surface area contributed by atoms with Gasteiger partial charge in [-0.15, -0.1) is 0 Å². The van der Waals surface area contributed by atoms with Crippen molar-refractivity contribution in [3.05, 3.63) is 46.4 Å². The number of nitrogens with zero attached hydrogens (tertiary/aromatic N) is 2. The second-order valence-corrected chi connectivity index (χ2v) is 3.58. The van der Waals surface area contributed by atoms with E-state index >= 15 is 0 Å². The average Bonchev–Trinajstić information content (AvgIpc) is 2.29. The Morgan fingerprint density at radius 1 is 1.25 bits per heavy atom. The first kappa shape index (κ1) is 8.96. The third-order valence-corrected chi connectivity index (χ3v) is 2.61. The summed E-state index contributed by atoms with van der Waals surface area (Å²) in [4.78, 5) is 27.8. The lowest BCUT2D eigenvalue weighted by molar-refractivity contribution is 0.0969. The molecule has 0 saturated heterocycles. The molecule has 0 amide bonds. The van der Waals surface area contributed by atoms with Gasteiger partial charge in [-0.05, 0) is 6.08 Å². The van der Waals surface area contributed by atoms with Crippen LogP contribution in [0.5, 0.6) is 0 Å². The standard InChI is InChI=1S/C11H7N3O2/c15-10-6-3-1-2-4-7(6)13-8-5-12-14-11(16)9(8)10/h1-6H,(H,14,16). The van der Waals surface area contributed by atoms with Crippen LogP contribution in [0.4, 0.5) is 5.69 Å². The van der Waals surface area contributed by atoms with E-state index in [1.165, 1.54) is 6.20 Å². The maximum atomic E-state index is 12.1. The Morgan fingerprint density at radius 3 is 3.00 bits per heavy atom. The van der Waals surface area contributed by atoms with E-state index in [-0.39, 0.29) is 11.3 Å². The number of aromatic nitrogens is 2. The zero-order valence-electron chi connectivity index (χ0n) is 8.18. The zero-order chi connectivity index (χ0) is 11.1. The Balaban J connectivity index is 2.31. The van der Waals surface area contributed by atoms with Crippen molar-refractivity contribution in [3.63, 3.8) is 0 Å². The van der Waals surface area contributed by atoms with E-state index in [0.717, 1.165) is 0 Å². The molecule has 1 unspecified atom stereocenters. The molecule has 0 bridgehead atoms. The second kappa shape index (κ2) is 3.10. The maximum Gasteiger partial charge on any atom is 0.277 e. The highest BCUT2D eigenvalue weighted by atomic mass is 16.1. The fourth-order valence-electron chi connectivity index (χ4n) is 1.87. The summed E-state index contributed by atoms with van der Waals surface area (Å²) >= 11 is 0. The quantitative estimate of drug-likeness (QED) is 0.692. The molecule has 2 heterocycles. The molecule has 0 fully saturated rings. The second-order valence-electron chi connectivity index (χ2n) is 3.58. The lowest BCUT2D eigenvalue weighted by atomic mass is 9.88. The summed E-state index contributed by atoms with van der Waals surface area (Å²) in [5, 5.41) is 5.88. The minimum absolute atomic E-state index is 0.101. The molecule has 3 rings (SSSR count). The van der Waals surface area contributed by atoms with Crippen molar-refractivity contribution < 1.29 is 4.79 Å². The van der Waals surface area contributed by atoms with E-state index in [9.17, 15) is 9.59 Å². The molecule has 0 radical (unpaired) electrons. The SMILES string of the molecule is O=C1c2c(cn[nH]c2=O)N=C2C=CC=CC12. The molecular formula is C11H7N3O2. The van der Waals surface area contributed by atoms with Crippen LogP contribution in [0.3, 0.4) is 0 Å². The minimum atomic E-state index is -0.478. The molecule has 0 spiro atoms. The maximum absolute atomic E-state index is 12.1. The van der Waals surface area contributed by atoms with Gasteiger partial charge in [0.25, 0.3) is 5.56 Å².